The first kappa shape index (κ1) is 16.7. The number of urea groups is 2. The molecule has 0 aliphatic carbocycles. The lowest BCUT2D eigenvalue weighted by molar-refractivity contribution is -0.803. The van der Waals surface area contributed by atoms with Crippen molar-refractivity contribution in [3.63, 3.8) is 0 Å². The first-order valence-electron chi connectivity index (χ1n) is 4.17. The zero-order chi connectivity index (χ0) is 15.1. The Labute approximate surface area is 106 Å². The van der Waals surface area contributed by atoms with E-state index in [9.17, 15) is 18.0 Å². The Bertz CT molecular complexity index is 469. The van der Waals surface area contributed by atoms with Gasteiger partial charge in [0.05, 0.1) is 0 Å². The van der Waals surface area contributed by atoms with Gasteiger partial charge in [0.25, 0.3) is 0 Å². The number of hydroxylamine groups is 2. The van der Waals surface area contributed by atoms with E-state index in [2.05, 4.69) is 30.0 Å². The van der Waals surface area contributed by atoms with Gasteiger partial charge in [-0.2, -0.15) is 8.42 Å². The molecule has 0 atom stereocenters. The smallest absolute Gasteiger partial charge is 0.350 e. The molecule has 0 aliphatic heterocycles. The minimum absolute atomic E-state index is 0.384. The molecule has 0 heterocycles. The number of carbonyl (C=O) groups is 2. The first-order chi connectivity index (χ1) is 8.62. The molecule has 108 valence electrons. The summed E-state index contributed by atoms with van der Waals surface area (Å²) in [5.74, 6) is -1.23. The predicted molar refractivity (Wildman–Crippen MR) is 57.4 cm³/mol. The number of guanidine groups is 2. The molecule has 14 nitrogen and oxygen atoms in total. The highest BCUT2D eigenvalue weighted by atomic mass is 32.3. The van der Waals surface area contributed by atoms with E-state index < -0.39 is 34.4 Å². The molecule has 0 bridgehead atoms. The van der Waals surface area contributed by atoms with E-state index in [0.29, 0.717) is 11.0 Å². The monoisotopic (exact) mass is 300 g/mol. The van der Waals surface area contributed by atoms with Crippen molar-refractivity contribution in [3.8, 4) is 0 Å². The van der Waals surface area contributed by atoms with Gasteiger partial charge < -0.3 is 22.9 Å². The van der Waals surface area contributed by atoms with Crippen LogP contribution in [0.5, 0.6) is 0 Å². The van der Waals surface area contributed by atoms with Crippen molar-refractivity contribution < 1.29 is 37.5 Å². The molecular formula is C4H12N8O6S+2. The predicted octanol–water partition coefficient (Wildman–Crippen LogP) is -5.99. The topological polar surface area (TPSA) is 249 Å². The molecule has 0 rings (SSSR count). The van der Waals surface area contributed by atoms with Crippen molar-refractivity contribution in [2.24, 2.45) is 32.9 Å². The van der Waals surface area contributed by atoms with Gasteiger partial charge in [0.15, 0.2) is 0 Å². The van der Waals surface area contributed by atoms with Gasteiger partial charge in [0, 0.05) is 0 Å². The van der Waals surface area contributed by atoms with Crippen LogP contribution in [0.4, 0.5) is 9.59 Å². The van der Waals surface area contributed by atoms with Gasteiger partial charge >= 0.3 is 34.4 Å². The third kappa shape index (κ3) is 9.38. The number of nitrogens with two attached hydrogens (primary N) is 6. The van der Waals surface area contributed by atoms with Crippen LogP contribution in [0.3, 0.4) is 0 Å². The summed E-state index contributed by atoms with van der Waals surface area (Å²) in [6.07, 6.45) is 0. The minimum Gasteiger partial charge on any atom is -0.350 e. The maximum atomic E-state index is 11.1. The van der Waals surface area contributed by atoms with Crippen LogP contribution in [-0.2, 0) is 19.0 Å². The zero-order valence-electron chi connectivity index (χ0n) is 9.22. The summed E-state index contributed by atoms with van der Waals surface area (Å²) in [5.41, 5.74) is 20.1. The number of hydrogen-bond donors (Lipinski definition) is 6. The quantitative estimate of drug-likeness (QED) is 0.165. The number of aliphatic imine (C=N–C) groups is 2. The summed E-state index contributed by atoms with van der Waals surface area (Å²) in [6.45, 7) is 0. The molecule has 0 spiro atoms. The van der Waals surface area contributed by atoms with Gasteiger partial charge in [-0.1, -0.05) is 0 Å². The highest BCUT2D eigenvalue weighted by Crippen LogP contribution is 1.80. The second kappa shape index (κ2) is 7.18. The molecule has 0 saturated carbocycles. The molecule has 0 aromatic heterocycles. The van der Waals surface area contributed by atoms with Gasteiger partial charge in [-0.15, -0.1) is 20.9 Å². The minimum atomic E-state index is -4.58. The van der Waals surface area contributed by atoms with Crippen LogP contribution in [0, 0.1) is 0 Å². The summed E-state index contributed by atoms with van der Waals surface area (Å²) in [4.78, 5) is 26.4. The molecule has 0 aromatic rings. The van der Waals surface area contributed by atoms with E-state index in [-0.39, 0.29) is 0 Å². The fourth-order valence-corrected chi connectivity index (χ4v) is 1.02. The van der Waals surface area contributed by atoms with Crippen LogP contribution in [0.2, 0.25) is 0 Å². The fourth-order valence-electron chi connectivity index (χ4n) is 0.546. The highest BCUT2D eigenvalue weighted by Gasteiger charge is 2.21. The summed E-state index contributed by atoms with van der Waals surface area (Å²) in [6, 6.07) is -2.31. The van der Waals surface area contributed by atoms with Crippen molar-refractivity contribution in [1.29, 1.82) is 0 Å². The largest absolute Gasteiger partial charge is 0.491 e. The van der Waals surface area contributed by atoms with E-state index in [0.717, 1.165) is 0 Å². The molecule has 12 N–H and O–H groups in total. The summed E-state index contributed by atoms with van der Waals surface area (Å²) >= 11 is 0. The van der Waals surface area contributed by atoms with Crippen molar-refractivity contribution in [3.05, 3.63) is 0 Å². The summed E-state index contributed by atoms with van der Waals surface area (Å²) in [7, 11) is -4.58. The average molecular weight is 300 g/mol. The molecule has 0 radical (unpaired) electrons. The maximum absolute atomic E-state index is 11.1. The standard InChI is InChI=1S/C4H10N8O6S/c5-1(9-3(7)13)11-17-19(15,16)18-12-2(6)10-4(8)14/h(H5,5,7,9,11,13)(H5,6,8,10,12,14)/p+2. The van der Waals surface area contributed by atoms with Crippen LogP contribution in [0.15, 0.2) is 9.98 Å². The second-order valence-electron chi connectivity index (χ2n) is 2.59. The highest BCUT2D eigenvalue weighted by molar-refractivity contribution is 7.81. The molecule has 0 aliphatic rings. The Hall–Kier alpha value is -2.33. The van der Waals surface area contributed by atoms with Gasteiger partial charge in [-0.05, 0) is 8.57 Å². The number of nitrogens with zero attached hydrogens (tertiary/aromatic N) is 2. The third-order valence-electron chi connectivity index (χ3n) is 1.05. The Morgan fingerprint density at radius 3 is 1.42 bits per heavy atom. The van der Waals surface area contributed by atoms with Gasteiger partial charge in [-0.3, -0.25) is 0 Å². The lowest BCUT2D eigenvalue weighted by Gasteiger charge is -1.99. The molecule has 15 heteroatoms. The Morgan fingerprint density at radius 1 is 0.842 bits per heavy atom. The number of rotatable bonds is 4. The van der Waals surface area contributed by atoms with E-state index in [1.807, 2.05) is 0 Å². The van der Waals surface area contributed by atoms with Crippen molar-refractivity contribution in [2.75, 3.05) is 0 Å². The van der Waals surface area contributed by atoms with Crippen molar-refractivity contribution >= 4 is 34.4 Å². The number of hydrogen-bond acceptors (Lipinski definition) is 6. The normalized spacial score (nSPS) is 13.3. The van der Waals surface area contributed by atoms with Crippen LogP contribution in [-0.4, -0.2) is 32.4 Å². The fraction of sp³-hybridized carbons (Fsp3) is 0. The number of carbonyl (C=O) groups excluding carboxylic acids is 2. The first-order valence-corrected chi connectivity index (χ1v) is 5.51. The molecule has 0 fully saturated rings. The SMILES string of the molecule is NC(=O)/N=C(\N)[NH2+]OS(=O)(=O)O[NH2+]/C(N)=N/C(N)=O. The van der Waals surface area contributed by atoms with E-state index in [4.69, 9.17) is 11.5 Å². The van der Waals surface area contributed by atoms with Gasteiger partial charge in [0.2, 0.25) is 0 Å². The van der Waals surface area contributed by atoms with Crippen molar-refractivity contribution in [1.82, 2.24) is 0 Å². The van der Waals surface area contributed by atoms with Crippen LogP contribution < -0.4 is 33.9 Å². The summed E-state index contributed by atoms with van der Waals surface area (Å²) < 4.78 is 30.2. The van der Waals surface area contributed by atoms with Crippen molar-refractivity contribution in [2.45, 2.75) is 0 Å². The molecule has 0 saturated heterocycles. The molecule has 19 heavy (non-hydrogen) atoms. The van der Waals surface area contributed by atoms with E-state index >= 15 is 0 Å². The average Bonchev–Trinajstić information content (AvgIpc) is 2.22. The molecule has 0 aromatic carbocycles. The Morgan fingerprint density at radius 2 is 1.16 bits per heavy atom. The number of primary amides is 2. The molecule has 0 unspecified atom stereocenters. The van der Waals surface area contributed by atoms with E-state index in [1.165, 1.54) is 0 Å². The van der Waals surface area contributed by atoms with E-state index in [1.54, 1.807) is 0 Å². The van der Waals surface area contributed by atoms with Crippen LogP contribution in [0.25, 0.3) is 0 Å². The van der Waals surface area contributed by atoms with Gasteiger partial charge in [0.1, 0.15) is 0 Å². The molecular weight excluding hydrogens is 288 g/mol. The van der Waals surface area contributed by atoms with Gasteiger partial charge in [-0.25, -0.2) is 9.59 Å². The number of quaternary nitrogens is 2. The van der Waals surface area contributed by atoms with Crippen LogP contribution >= 0.6 is 0 Å². The number of amides is 4. The van der Waals surface area contributed by atoms with Crippen LogP contribution in [0.1, 0.15) is 0 Å². The second-order valence-corrected chi connectivity index (χ2v) is 3.79. The summed E-state index contributed by atoms with van der Waals surface area (Å²) in [5, 5.41) is 0. The third-order valence-corrected chi connectivity index (χ3v) is 1.72. The zero-order valence-corrected chi connectivity index (χ0v) is 10.0. The molecule has 4 amide bonds. The maximum Gasteiger partial charge on any atom is 0.491 e. The Kier molecular flexibility index (Phi) is 6.30. The lowest BCUT2D eigenvalue weighted by atomic mass is 11.0. The Balaban J connectivity index is 4.35. The lowest BCUT2D eigenvalue weighted by Crippen LogP contribution is -2.94.